The topological polar surface area (TPSA) is 92.8 Å². The van der Waals surface area contributed by atoms with Gasteiger partial charge in [-0.05, 0) is 49.4 Å². The maximum Gasteiger partial charge on any atom is 0.340 e. The summed E-state index contributed by atoms with van der Waals surface area (Å²) in [6, 6.07) is 11.7. The van der Waals surface area contributed by atoms with Crippen molar-refractivity contribution in [2.45, 2.75) is 44.4 Å². The number of nitrogens with zero attached hydrogens (tertiary/aromatic N) is 1. The highest BCUT2D eigenvalue weighted by atomic mass is 32.2. The summed E-state index contributed by atoms with van der Waals surface area (Å²) in [5.74, 6) is -1.32. The SMILES string of the molecule is CCc1cccc(C)c1NC(=O)COC(=O)c1ccccc1S(=O)(=O)N1CCCCC1. The molecule has 0 unspecified atom stereocenters. The minimum Gasteiger partial charge on any atom is -0.452 e. The minimum atomic E-state index is -3.81. The molecule has 1 amide bonds. The predicted molar refractivity (Wildman–Crippen MR) is 119 cm³/mol. The number of sulfonamides is 1. The van der Waals surface area contributed by atoms with Crippen LogP contribution in [0.25, 0.3) is 0 Å². The minimum absolute atomic E-state index is 0.0639. The standard InChI is InChI=1S/C23H28N2O5S/c1-3-18-11-9-10-17(2)22(18)24-21(26)16-30-23(27)19-12-5-6-13-20(19)31(28,29)25-14-7-4-8-15-25/h5-6,9-13H,3-4,7-8,14-16H2,1-2H3,(H,24,26). The molecule has 0 atom stereocenters. The number of carbonyl (C=O) groups is 2. The number of hydrogen-bond donors (Lipinski definition) is 1. The first-order chi connectivity index (χ1) is 14.8. The summed E-state index contributed by atoms with van der Waals surface area (Å²) in [6.45, 7) is 4.25. The molecule has 0 aromatic heterocycles. The van der Waals surface area contributed by atoms with Crippen molar-refractivity contribution in [1.82, 2.24) is 4.31 Å². The van der Waals surface area contributed by atoms with E-state index in [9.17, 15) is 18.0 Å². The molecular weight excluding hydrogens is 416 g/mol. The molecule has 0 radical (unpaired) electrons. The molecule has 31 heavy (non-hydrogen) atoms. The van der Waals surface area contributed by atoms with Crippen LogP contribution in [-0.4, -0.2) is 44.3 Å². The third-order valence-corrected chi connectivity index (χ3v) is 7.34. The van der Waals surface area contributed by atoms with Crippen molar-refractivity contribution in [2.24, 2.45) is 0 Å². The van der Waals surface area contributed by atoms with Crippen molar-refractivity contribution in [3.8, 4) is 0 Å². The van der Waals surface area contributed by atoms with Crippen molar-refractivity contribution < 1.29 is 22.7 Å². The van der Waals surface area contributed by atoms with Crippen LogP contribution < -0.4 is 5.32 Å². The van der Waals surface area contributed by atoms with Gasteiger partial charge in [0.1, 0.15) is 0 Å². The number of esters is 1. The van der Waals surface area contributed by atoms with Crippen molar-refractivity contribution in [1.29, 1.82) is 0 Å². The second-order valence-corrected chi connectivity index (χ2v) is 9.45. The van der Waals surface area contributed by atoms with Gasteiger partial charge >= 0.3 is 5.97 Å². The average Bonchev–Trinajstić information content (AvgIpc) is 2.79. The Bertz CT molecular complexity index is 1060. The van der Waals surface area contributed by atoms with Gasteiger partial charge in [0.15, 0.2) is 6.61 Å². The van der Waals surface area contributed by atoms with Gasteiger partial charge in [-0.3, -0.25) is 4.79 Å². The summed E-state index contributed by atoms with van der Waals surface area (Å²) in [5.41, 5.74) is 2.54. The Morgan fingerprint density at radius 1 is 1.03 bits per heavy atom. The third kappa shape index (κ3) is 5.32. The zero-order valence-corrected chi connectivity index (χ0v) is 18.7. The van der Waals surface area contributed by atoms with Gasteiger partial charge in [-0.25, -0.2) is 13.2 Å². The van der Waals surface area contributed by atoms with Crippen LogP contribution in [-0.2, 0) is 26.0 Å². The Balaban J connectivity index is 1.71. The molecule has 8 heteroatoms. The van der Waals surface area contributed by atoms with E-state index >= 15 is 0 Å². The van der Waals surface area contributed by atoms with Crippen LogP contribution in [0.4, 0.5) is 5.69 Å². The molecule has 0 saturated carbocycles. The zero-order valence-electron chi connectivity index (χ0n) is 17.9. The Kier molecular flexibility index (Phi) is 7.46. The summed E-state index contributed by atoms with van der Waals surface area (Å²) in [6.07, 6.45) is 3.33. The van der Waals surface area contributed by atoms with Gasteiger partial charge in [-0.1, -0.05) is 43.7 Å². The summed E-state index contributed by atoms with van der Waals surface area (Å²) >= 11 is 0. The summed E-state index contributed by atoms with van der Waals surface area (Å²) in [4.78, 5) is 25.0. The molecule has 166 valence electrons. The fraction of sp³-hybridized carbons (Fsp3) is 0.391. The van der Waals surface area contributed by atoms with Crippen LogP contribution in [0.3, 0.4) is 0 Å². The van der Waals surface area contributed by atoms with Crippen molar-refractivity contribution in [2.75, 3.05) is 25.0 Å². The number of aryl methyl sites for hydroxylation is 2. The van der Waals surface area contributed by atoms with Crippen LogP contribution in [0.15, 0.2) is 47.4 Å². The molecule has 7 nitrogen and oxygen atoms in total. The van der Waals surface area contributed by atoms with Crippen LogP contribution in [0.1, 0.15) is 47.7 Å². The van der Waals surface area contributed by atoms with Crippen LogP contribution in [0.5, 0.6) is 0 Å². The Morgan fingerprint density at radius 3 is 2.45 bits per heavy atom. The highest BCUT2D eigenvalue weighted by Crippen LogP contribution is 2.24. The Hall–Kier alpha value is -2.71. The molecule has 2 aromatic carbocycles. The van der Waals surface area contributed by atoms with Gasteiger partial charge in [0.2, 0.25) is 10.0 Å². The van der Waals surface area contributed by atoms with Gasteiger partial charge in [-0.2, -0.15) is 4.31 Å². The van der Waals surface area contributed by atoms with Gasteiger partial charge in [0.05, 0.1) is 10.5 Å². The van der Waals surface area contributed by atoms with Gasteiger partial charge in [-0.15, -0.1) is 0 Å². The second kappa shape index (κ2) is 10.1. The van der Waals surface area contributed by atoms with E-state index in [2.05, 4.69) is 5.32 Å². The molecule has 1 N–H and O–H groups in total. The first-order valence-electron chi connectivity index (χ1n) is 10.5. The van der Waals surface area contributed by atoms with Crippen molar-refractivity contribution >= 4 is 27.6 Å². The van der Waals surface area contributed by atoms with E-state index in [-0.39, 0.29) is 10.5 Å². The van der Waals surface area contributed by atoms with E-state index in [1.54, 1.807) is 12.1 Å². The molecule has 0 bridgehead atoms. The Labute approximate surface area is 183 Å². The average molecular weight is 445 g/mol. The molecule has 0 spiro atoms. The largest absolute Gasteiger partial charge is 0.452 e. The quantitative estimate of drug-likeness (QED) is 0.660. The summed E-state index contributed by atoms with van der Waals surface area (Å²) in [7, 11) is -3.81. The van der Waals surface area contributed by atoms with Gasteiger partial charge in [0, 0.05) is 18.8 Å². The molecule has 1 aliphatic rings. The van der Waals surface area contributed by atoms with Crippen LogP contribution >= 0.6 is 0 Å². The van der Waals surface area contributed by atoms with Crippen molar-refractivity contribution in [3.05, 3.63) is 59.2 Å². The number of carbonyl (C=O) groups excluding carboxylic acids is 2. The molecule has 3 rings (SSSR count). The number of ether oxygens (including phenoxy) is 1. The number of para-hydroxylation sites is 1. The lowest BCUT2D eigenvalue weighted by molar-refractivity contribution is -0.119. The molecule has 1 aliphatic heterocycles. The van der Waals surface area contributed by atoms with E-state index in [1.807, 2.05) is 32.0 Å². The van der Waals surface area contributed by atoms with E-state index < -0.39 is 28.5 Å². The molecule has 0 aliphatic carbocycles. The number of nitrogens with one attached hydrogen (secondary N) is 1. The second-order valence-electron chi connectivity index (χ2n) is 7.55. The monoisotopic (exact) mass is 444 g/mol. The Morgan fingerprint density at radius 2 is 1.74 bits per heavy atom. The first kappa shape index (κ1) is 23.0. The lowest BCUT2D eigenvalue weighted by Gasteiger charge is -2.26. The van der Waals surface area contributed by atoms with E-state index in [0.29, 0.717) is 18.8 Å². The summed E-state index contributed by atoms with van der Waals surface area (Å²) in [5, 5.41) is 2.79. The molecule has 2 aromatic rings. The summed E-state index contributed by atoms with van der Waals surface area (Å²) < 4.78 is 32.6. The smallest absolute Gasteiger partial charge is 0.340 e. The fourth-order valence-electron chi connectivity index (χ4n) is 3.69. The van der Waals surface area contributed by atoms with E-state index in [0.717, 1.165) is 36.8 Å². The fourth-order valence-corrected chi connectivity index (χ4v) is 5.39. The van der Waals surface area contributed by atoms with Crippen LogP contribution in [0, 0.1) is 6.92 Å². The lowest BCUT2D eigenvalue weighted by atomic mass is 10.1. The first-order valence-corrected chi connectivity index (χ1v) is 11.9. The maximum absolute atomic E-state index is 13.0. The molecule has 1 saturated heterocycles. The highest BCUT2D eigenvalue weighted by Gasteiger charge is 2.30. The van der Waals surface area contributed by atoms with Gasteiger partial charge < -0.3 is 10.1 Å². The third-order valence-electron chi connectivity index (χ3n) is 5.38. The van der Waals surface area contributed by atoms with Crippen LogP contribution in [0.2, 0.25) is 0 Å². The number of rotatable bonds is 7. The normalized spacial score (nSPS) is 14.8. The number of hydrogen-bond acceptors (Lipinski definition) is 5. The van der Waals surface area contributed by atoms with Gasteiger partial charge in [0.25, 0.3) is 5.91 Å². The number of anilines is 1. The maximum atomic E-state index is 13.0. The molecular formula is C23H28N2O5S. The van der Waals surface area contributed by atoms with Crippen molar-refractivity contribution in [3.63, 3.8) is 0 Å². The number of piperidine rings is 1. The molecule has 1 heterocycles. The van der Waals surface area contributed by atoms with E-state index in [4.69, 9.17) is 4.74 Å². The van der Waals surface area contributed by atoms with E-state index in [1.165, 1.54) is 16.4 Å². The highest BCUT2D eigenvalue weighted by molar-refractivity contribution is 7.89. The lowest BCUT2D eigenvalue weighted by Crippen LogP contribution is -2.36. The number of amides is 1. The zero-order chi connectivity index (χ0) is 22.4. The number of benzene rings is 2. The molecule has 1 fully saturated rings. The predicted octanol–water partition coefficient (Wildman–Crippen LogP) is 3.53.